The molecule has 4 aromatic carbocycles. The van der Waals surface area contributed by atoms with E-state index in [1.54, 1.807) is 42.5 Å². The van der Waals surface area contributed by atoms with Crippen LogP contribution in [0.5, 0.6) is 23.0 Å². The Balaban J connectivity index is 0.000000194. The maximum absolute atomic E-state index is 14.6. The number of benzene rings is 4. The van der Waals surface area contributed by atoms with Crippen molar-refractivity contribution in [1.82, 2.24) is 15.1 Å². The van der Waals surface area contributed by atoms with Crippen LogP contribution in [-0.2, 0) is 9.59 Å². The Morgan fingerprint density at radius 2 is 1.05 bits per heavy atom. The van der Waals surface area contributed by atoms with Crippen LogP contribution in [-0.4, -0.2) is 126 Å². The maximum Gasteiger partial charge on any atom is 0.380 e. The molecule has 6 heterocycles. The lowest BCUT2D eigenvalue weighted by Gasteiger charge is -2.29. The van der Waals surface area contributed by atoms with E-state index in [0.29, 0.717) is 63.1 Å². The number of aliphatic carboxylic acids is 1. The molecule has 4 aliphatic heterocycles. The molecule has 0 saturated carbocycles. The first kappa shape index (κ1) is 56.0. The van der Waals surface area contributed by atoms with Gasteiger partial charge in [-0.15, -0.1) is 0 Å². The number of hydrogen-bond donors (Lipinski definition) is 5. The summed E-state index contributed by atoms with van der Waals surface area (Å²) in [5, 5.41) is 34.8. The summed E-state index contributed by atoms with van der Waals surface area (Å²) in [6.45, 7) is 5.72. The number of ketones is 2. The van der Waals surface area contributed by atoms with Gasteiger partial charge in [0.25, 0.3) is 11.7 Å². The van der Waals surface area contributed by atoms with Gasteiger partial charge < -0.3 is 64.0 Å². The molecule has 6 aromatic rings. The summed E-state index contributed by atoms with van der Waals surface area (Å²) in [6, 6.07) is 16.7. The zero-order valence-electron chi connectivity index (χ0n) is 38.0. The number of furan rings is 2. The second-order valence-corrected chi connectivity index (χ2v) is 18.1. The van der Waals surface area contributed by atoms with Gasteiger partial charge in [-0.2, -0.15) is 0 Å². The highest BCUT2D eigenvalue weighted by Gasteiger charge is 2.32. The van der Waals surface area contributed by atoms with E-state index < -0.39 is 59.4 Å². The van der Waals surface area contributed by atoms with Crippen LogP contribution >= 0.6 is 23.2 Å². The van der Waals surface area contributed by atoms with Crippen molar-refractivity contribution in [3.05, 3.63) is 117 Å². The highest BCUT2D eigenvalue weighted by atomic mass is 35.5. The molecule has 0 aliphatic carbocycles. The van der Waals surface area contributed by atoms with Gasteiger partial charge in [0, 0.05) is 39.9 Å². The summed E-state index contributed by atoms with van der Waals surface area (Å²) in [6.07, 6.45) is 2.11. The SMILES string of the molecule is C.C.N[C@H](CN1CCCC1)[C@H](O)c1cc(F)c2c(c1)OCCO2.O=C(N[C@H](CN1CCCC1)[C@H](O)c1cc(F)c2c(c1)OCCO2)C(=O)c1cc2cc(Cl)ccc2o1.O=C(O)C(=O)c1cc2cc(Cl)ccc2o1. The number of carbonyl (C=O) groups is 4. The highest BCUT2D eigenvalue weighted by molar-refractivity contribution is 6.42. The lowest BCUT2D eigenvalue weighted by molar-refractivity contribution is -0.132. The summed E-state index contributed by atoms with van der Waals surface area (Å²) < 4.78 is 60.6. The van der Waals surface area contributed by atoms with E-state index in [1.165, 1.54) is 37.1 Å². The lowest BCUT2D eigenvalue weighted by Crippen LogP contribution is -2.48. The number of carboxylic acid groups (broad SMARTS) is 1. The lowest BCUT2D eigenvalue weighted by atomic mass is 10.00. The van der Waals surface area contributed by atoms with Crippen molar-refractivity contribution in [1.29, 1.82) is 0 Å². The fraction of sp³-hybridized carbons (Fsp3) is 0.385. The third-order valence-corrected chi connectivity index (χ3v) is 12.6. The van der Waals surface area contributed by atoms with Gasteiger partial charge in [-0.1, -0.05) is 38.1 Å². The first-order valence-corrected chi connectivity index (χ1v) is 23.6. The van der Waals surface area contributed by atoms with Crippen LogP contribution in [0.3, 0.4) is 0 Å². The number of nitrogens with zero attached hydrogens (tertiary/aromatic N) is 2. The Bertz CT molecular complexity index is 2920. The van der Waals surface area contributed by atoms with Crippen LogP contribution in [0.15, 0.2) is 81.6 Å². The van der Waals surface area contributed by atoms with E-state index in [1.807, 2.05) is 0 Å². The number of fused-ring (bicyclic) bond motifs is 4. The Hall–Kier alpha value is -6.32. The molecule has 4 aliphatic rings. The van der Waals surface area contributed by atoms with Crippen molar-refractivity contribution in [2.45, 2.75) is 64.8 Å². The monoisotopic (exact) mass is 1050 g/mol. The minimum absolute atomic E-state index is 0. The molecule has 73 heavy (non-hydrogen) atoms. The molecule has 2 fully saturated rings. The molecule has 6 N–H and O–H groups in total. The zero-order valence-corrected chi connectivity index (χ0v) is 39.6. The van der Waals surface area contributed by atoms with Gasteiger partial charge in [-0.05, 0) is 136 Å². The number of hydrogen-bond acceptors (Lipinski definition) is 15. The quantitative estimate of drug-likeness (QED) is 0.0542. The summed E-state index contributed by atoms with van der Waals surface area (Å²) in [4.78, 5) is 51.5. The van der Waals surface area contributed by atoms with E-state index in [-0.39, 0.29) is 68.9 Å². The Morgan fingerprint density at radius 1 is 0.616 bits per heavy atom. The van der Waals surface area contributed by atoms with E-state index in [4.69, 9.17) is 61.8 Å². The minimum atomic E-state index is -1.54. The molecule has 10 rings (SSSR count). The number of rotatable bonds is 13. The normalized spacial score (nSPS) is 16.6. The van der Waals surface area contributed by atoms with E-state index in [9.17, 15) is 38.2 Å². The number of carbonyl (C=O) groups excluding carboxylic acids is 3. The highest BCUT2D eigenvalue weighted by Crippen LogP contribution is 2.38. The third-order valence-electron chi connectivity index (χ3n) is 12.2. The predicted molar refractivity (Wildman–Crippen MR) is 268 cm³/mol. The topological polar surface area (TPSA) is 237 Å². The van der Waals surface area contributed by atoms with Crippen LogP contribution in [0.2, 0.25) is 10.0 Å². The van der Waals surface area contributed by atoms with Gasteiger partial charge in [0.05, 0.1) is 12.1 Å². The summed E-state index contributed by atoms with van der Waals surface area (Å²) >= 11 is 11.7. The number of aliphatic hydroxyl groups excluding tert-OH is 2. The fourth-order valence-electron chi connectivity index (χ4n) is 8.62. The number of aliphatic hydroxyl groups is 2. The van der Waals surface area contributed by atoms with Gasteiger partial charge in [0.15, 0.2) is 46.2 Å². The van der Waals surface area contributed by atoms with Gasteiger partial charge in [0.1, 0.15) is 43.7 Å². The Morgan fingerprint density at radius 3 is 1.53 bits per heavy atom. The van der Waals surface area contributed by atoms with Crippen molar-refractivity contribution >= 4 is 68.6 Å². The molecular weight excluding hydrogens is 997 g/mol. The molecular formula is C52H58Cl2F2N4O13. The number of likely N-dealkylation sites (tertiary alicyclic amines) is 2. The molecule has 1 amide bonds. The Kier molecular flexibility index (Phi) is 19.2. The van der Waals surface area contributed by atoms with E-state index in [0.717, 1.165) is 45.1 Å². The second-order valence-electron chi connectivity index (χ2n) is 17.3. The van der Waals surface area contributed by atoms with Crippen molar-refractivity contribution in [3.8, 4) is 23.0 Å². The first-order valence-electron chi connectivity index (χ1n) is 22.9. The van der Waals surface area contributed by atoms with Gasteiger partial charge >= 0.3 is 11.8 Å². The van der Waals surface area contributed by atoms with Crippen LogP contribution in [0.4, 0.5) is 8.78 Å². The third kappa shape index (κ3) is 13.7. The van der Waals surface area contributed by atoms with Crippen LogP contribution < -0.4 is 30.0 Å². The molecule has 0 unspecified atom stereocenters. The van der Waals surface area contributed by atoms with Crippen LogP contribution in [0, 0.1) is 11.6 Å². The molecule has 0 bridgehead atoms. The molecule has 2 aromatic heterocycles. The molecule has 2 saturated heterocycles. The Labute approximate surface area is 429 Å². The number of carboxylic acids is 1. The van der Waals surface area contributed by atoms with Crippen molar-refractivity contribution in [3.63, 3.8) is 0 Å². The number of ether oxygens (including phenoxy) is 4. The number of amides is 1. The summed E-state index contributed by atoms with van der Waals surface area (Å²) in [7, 11) is 0. The van der Waals surface area contributed by atoms with E-state index in [2.05, 4.69) is 15.1 Å². The molecule has 0 spiro atoms. The average molecular weight is 1060 g/mol. The predicted octanol–water partition coefficient (Wildman–Crippen LogP) is 8.17. The average Bonchev–Trinajstić information content (AvgIpc) is 4.22. The van der Waals surface area contributed by atoms with Gasteiger partial charge in [0.2, 0.25) is 0 Å². The number of nitrogens with two attached hydrogens (primary N) is 1. The zero-order chi connectivity index (χ0) is 50.3. The van der Waals surface area contributed by atoms with Crippen molar-refractivity contribution < 1.29 is 71.1 Å². The maximum atomic E-state index is 14.6. The van der Waals surface area contributed by atoms with Crippen molar-refractivity contribution in [2.24, 2.45) is 5.73 Å². The molecule has 392 valence electrons. The minimum Gasteiger partial charge on any atom is -0.486 e. The molecule has 4 atom stereocenters. The number of nitrogens with one attached hydrogen (secondary N) is 1. The summed E-state index contributed by atoms with van der Waals surface area (Å²) in [5.74, 6) is -5.31. The first-order chi connectivity index (χ1) is 34.1. The smallest absolute Gasteiger partial charge is 0.380 e. The van der Waals surface area contributed by atoms with Crippen LogP contribution in [0.25, 0.3) is 21.9 Å². The van der Waals surface area contributed by atoms with Gasteiger partial charge in [-0.25, -0.2) is 13.6 Å². The largest absolute Gasteiger partial charge is 0.486 e. The van der Waals surface area contributed by atoms with E-state index >= 15 is 0 Å². The van der Waals surface area contributed by atoms with Crippen LogP contribution in [0.1, 0.15) is 85.0 Å². The van der Waals surface area contributed by atoms with Crippen molar-refractivity contribution in [2.75, 3.05) is 65.7 Å². The fourth-order valence-corrected chi connectivity index (χ4v) is 8.98. The second kappa shape index (κ2) is 25.1. The number of halogens is 4. The van der Waals surface area contributed by atoms with Gasteiger partial charge in [-0.3, -0.25) is 14.4 Å². The molecule has 21 heteroatoms. The summed E-state index contributed by atoms with van der Waals surface area (Å²) in [5.41, 5.74) is 7.57. The number of Topliss-reactive ketones (excluding diaryl/α,β-unsaturated/α-hetero) is 2. The molecule has 17 nitrogen and oxygen atoms in total. The standard InChI is InChI=1S/C25H24ClFN2O6.C15H21FN2O3.C10H5ClO4.2CH4/c26-16-3-4-19-14(9-16)11-20(35-19)23(31)25(32)28-18(13-29-5-1-2-6-29)22(30)15-10-17(27)24-21(12-15)33-7-8-34-24;16-11-7-10(8-13-15(11)21-6-5-20-13)14(19)12(17)9-18-3-1-2-4-18;11-6-1-2-7-5(3-6)4-8(15-7)9(12)10(13)14;;/h3-4,9-12,18,22,30H,1-2,5-8,13H2,(H,28,32);7-8,12,14,19H,1-6,9,17H2;1-4H,(H,13,14);2*1H4/t18-,22-;12-,14-;;;/m11.../s1. The molecule has 0 radical (unpaired) electrons.